The third kappa shape index (κ3) is 139. The molecule has 0 bridgehead atoms. The van der Waals surface area contributed by atoms with Gasteiger partial charge in [0.25, 0.3) is 0 Å². The van der Waals surface area contributed by atoms with Crippen LogP contribution in [0.3, 0.4) is 0 Å². The van der Waals surface area contributed by atoms with E-state index in [1.165, 1.54) is 0 Å². The normalized spacial score (nSPS) is 4.80. The van der Waals surface area contributed by atoms with Crippen LogP contribution in [0.25, 0.3) is 0 Å². The third-order valence-electron chi connectivity index (χ3n) is 0. The fourth-order valence-electron chi connectivity index (χ4n) is 0. The van der Waals surface area contributed by atoms with Crippen LogP contribution in [0.5, 0.6) is 0 Å². The van der Waals surface area contributed by atoms with Gasteiger partial charge in [-0.1, -0.05) is 0 Å². The van der Waals surface area contributed by atoms with Gasteiger partial charge in [0.1, 0.15) is 0 Å². The Hall–Kier alpha value is 0.435. The molecule has 2 N–H and O–H groups in total. The Morgan fingerprint density at radius 2 is 1.40 bits per heavy atom. The topological polar surface area (TPSA) is 57.5 Å². The van der Waals surface area contributed by atoms with Crippen molar-refractivity contribution in [2.75, 3.05) is 0 Å². The van der Waals surface area contributed by atoms with E-state index in [9.17, 15) is 0 Å². The molecule has 0 heterocycles. The molecule has 0 spiro atoms. The molecule has 5 heavy (non-hydrogen) atoms. The molecule has 0 radical (unpaired) electrons. The summed E-state index contributed by atoms with van der Waals surface area (Å²) in [5, 5.41) is 0. The van der Waals surface area contributed by atoms with E-state index in [0.717, 1.165) is 0 Å². The molecule has 0 aliphatic rings. The van der Waals surface area contributed by atoms with Gasteiger partial charge in [-0.2, -0.15) is 0 Å². The summed E-state index contributed by atoms with van der Waals surface area (Å²) in [6, 6.07) is 0. The molecular weight excluding hydrogens is 198 g/mol. The standard InChI is InChI=1S/H2O3Si.Sb.3H/c1-4(2)3;;;;/h1-2H;;;;. The van der Waals surface area contributed by atoms with Crippen molar-refractivity contribution >= 4 is 33.6 Å². The molecule has 0 unspecified atom stereocenters. The van der Waals surface area contributed by atoms with Crippen LogP contribution < -0.4 is 0 Å². The van der Waals surface area contributed by atoms with Crippen LogP contribution in [0.1, 0.15) is 0 Å². The zero-order chi connectivity index (χ0) is 3.58. The molecular formula is H5O3SbSi. The van der Waals surface area contributed by atoms with Crippen LogP contribution >= 0.6 is 0 Å². The summed E-state index contributed by atoms with van der Waals surface area (Å²) in [4.78, 5) is 14.3. The summed E-state index contributed by atoms with van der Waals surface area (Å²) in [7, 11) is -3.13. The fraction of sp³-hybridized carbons (Fsp3) is 0. The molecule has 0 aliphatic carbocycles. The minimum absolute atomic E-state index is 0. The average Bonchev–Trinajstić information content (AvgIpc) is 0.811. The molecule has 0 aromatic rings. The van der Waals surface area contributed by atoms with Crippen LogP contribution in [0.4, 0.5) is 0 Å². The van der Waals surface area contributed by atoms with Crippen LogP contribution in [0.2, 0.25) is 0 Å². The van der Waals surface area contributed by atoms with Gasteiger partial charge in [0.05, 0.1) is 0 Å². The first-order valence-electron chi connectivity index (χ1n) is 0.651. The molecule has 0 fully saturated rings. The molecule has 32 valence electrons. The Morgan fingerprint density at radius 1 is 1.40 bits per heavy atom. The maximum absolute atomic E-state index is 8.74. The summed E-state index contributed by atoms with van der Waals surface area (Å²) in [6.07, 6.45) is 0. The van der Waals surface area contributed by atoms with Crippen molar-refractivity contribution in [3.8, 4) is 0 Å². The van der Waals surface area contributed by atoms with Crippen molar-refractivity contribution < 1.29 is 14.1 Å². The van der Waals surface area contributed by atoms with Crippen molar-refractivity contribution in [1.82, 2.24) is 0 Å². The molecule has 0 saturated carbocycles. The first-order chi connectivity index (χ1) is 1.73. The first kappa shape index (κ1) is 9.06. The predicted molar refractivity (Wildman–Crippen MR) is 20.8 cm³/mol. The van der Waals surface area contributed by atoms with Gasteiger partial charge in [-0.15, -0.1) is 0 Å². The van der Waals surface area contributed by atoms with Crippen molar-refractivity contribution in [1.29, 1.82) is 0 Å². The van der Waals surface area contributed by atoms with Crippen molar-refractivity contribution in [3.63, 3.8) is 0 Å². The minimum atomic E-state index is -3.13. The van der Waals surface area contributed by atoms with E-state index >= 15 is 0 Å². The summed E-state index contributed by atoms with van der Waals surface area (Å²) in [5.41, 5.74) is 0. The number of hydrogen-bond acceptors (Lipinski definition) is 1. The molecule has 0 aromatic heterocycles. The summed E-state index contributed by atoms with van der Waals surface area (Å²) in [5.74, 6) is 0. The summed E-state index contributed by atoms with van der Waals surface area (Å²) in [6.45, 7) is 0. The quantitative estimate of drug-likeness (QED) is 0.418. The van der Waals surface area contributed by atoms with E-state index < -0.39 is 9.17 Å². The Bertz CT molecular complexity index is 29.9. The van der Waals surface area contributed by atoms with Crippen LogP contribution in [0, 0.1) is 0 Å². The van der Waals surface area contributed by atoms with E-state index in [1.807, 2.05) is 0 Å². The predicted octanol–water partition coefficient (Wildman–Crippen LogP) is -2.80. The first-order valence-corrected chi connectivity index (χ1v) is 1.95. The van der Waals surface area contributed by atoms with E-state index in [0.29, 0.717) is 0 Å². The monoisotopic (exact) mass is 202 g/mol. The third-order valence-corrected chi connectivity index (χ3v) is 0. The van der Waals surface area contributed by atoms with Gasteiger partial charge in [-0.25, -0.2) is 0 Å². The van der Waals surface area contributed by atoms with Gasteiger partial charge < -0.3 is 9.59 Å². The van der Waals surface area contributed by atoms with Gasteiger partial charge in [0.2, 0.25) is 0 Å². The molecule has 0 aromatic carbocycles. The van der Waals surface area contributed by atoms with E-state index in [1.54, 1.807) is 0 Å². The number of hydrogen-bond donors (Lipinski definition) is 2. The summed E-state index contributed by atoms with van der Waals surface area (Å²) < 4.78 is 8.74. The molecule has 3 nitrogen and oxygen atoms in total. The molecule has 0 atom stereocenters. The second-order valence-electron chi connectivity index (χ2n) is 0.283. The van der Waals surface area contributed by atoms with E-state index in [4.69, 9.17) is 14.1 Å². The van der Waals surface area contributed by atoms with Crippen molar-refractivity contribution in [2.24, 2.45) is 0 Å². The van der Waals surface area contributed by atoms with Gasteiger partial charge in [0.15, 0.2) is 0 Å². The Morgan fingerprint density at radius 3 is 1.40 bits per heavy atom. The van der Waals surface area contributed by atoms with E-state index in [2.05, 4.69) is 0 Å². The second-order valence-corrected chi connectivity index (χ2v) is 0.848. The Labute approximate surface area is 48.0 Å². The van der Waals surface area contributed by atoms with Gasteiger partial charge in [-0.3, -0.25) is 4.46 Å². The molecule has 0 aliphatic heterocycles. The van der Waals surface area contributed by atoms with Gasteiger partial charge >= 0.3 is 33.6 Å². The van der Waals surface area contributed by atoms with Crippen LogP contribution in [-0.2, 0) is 4.46 Å². The molecule has 0 rings (SSSR count). The Balaban J connectivity index is 0. The Kier molecular flexibility index (Phi) is 8.04. The second kappa shape index (κ2) is 4.44. The van der Waals surface area contributed by atoms with Crippen LogP contribution in [-0.4, -0.2) is 43.2 Å². The van der Waals surface area contributed by atoms with Crippen molar-refractivity contribution in [2.45, 2.75) is 0 Å². The molecule has 0 amide bonds. The zero-order valence-electron chi connectivity index (χ0n) is 2.51. The number of rotatable bonds is 0. The van der Waals surface area contributed by atoms with Crippen LogP contribution in [0.15, 0.2) is 0 Å². The molecule has 0 saturated heterocycles. The average molecular weight is 203 g/mol. The fourth-order valence-corrected chi connectivity index (χ4v) is 0. The SMILES string of the molecule is O=[Si](O)O.[SbH3]. The maximum atomic E-state index is 8.74. The zero-order valence-corrected chi connectivity index (χ0v) is 7.55. The summed E-state index contributed by atoms with van der Waals surface area (Å²) >= 11 is 0. The van der Waals surface area contributed by atoms with E-state index in [-0.39, 0.29) is 24.4 Å². The van der Waals surface area contributed by atoms with Gasteiger partial charge in [0, 0.05) is 0 Å². The van der Waals surface area contributed by atoms with Gasteiger partial charge in [-0.05, 0) is 0 Å². The van der Waals surface area contributed by atoms with Crippen molar-refractivity contribution in [3.05, 3.63) is 0 Å². The molecule has 5 heteroatoms.